The number of carbonyl (C=O) groups excluding carboxylic acids is 1. The van der Waals surface area contributed by atoms with Crippen LogP contribution in [0.4, 0.5) is 0 Å². The summed E-state index contributed by atoms with van der Waals surface area (Å²) in [5.41, 5.74) is 2.44. The predicted octanol–water partition coefficient (Wildman–Crippen LogP) is 3.12. The maximum absolute atomic E-state index is 12.1. The monoisotopic (exact) mass is 259 g/mol. The second kappa shape index (κ2) is 5.87. The fourth-order valence-electron chi connectivity index (χ4n) is 2.04. The van der Waals surface area contributed by atoms with E-state index in [9.17, 15) is 4.79 Å². The molecule has 102 valence electrons. The maximum atomic E-state index is 12.1. The van der Waals surface area contributed by atoms with Crippen molar-refractivity contribution >= 4 is 16.9 Å². The smallest absolute Gasteiger partial charge is 0.251 e. The van der Waals surface area contributed by atoms with Crippen molar-refractivity contribution in [1.82, 2.24) is 15.3 Å². The van der Waals surface area contributed by atoms with Crippen molar-refractivity contribution in [3.05, 3.63) is 30.1 Å². The van der Waals surface area contributed by atoms with Crippen molar-refractivity contribution in [3.8, 4) is 0 Å². The number of imidazole rings is 1. The van der Waals surface area contributed by atoms with Crippen LogP contribution in [0.3, 0.4) is 0 Å². The number of benzene rings is 1. The summed E-state index contributed by atoms with van der Waals surface area (Å²) in [7, 11) is 0. The first-order valence-corrected chi connectivity index (χ1v) is 6.80. The van der Waals surface area contributed by atoms with Gasteiger partial charge in [0.2, 0.25) is 0 Å². The number of nitrogens with one attached hydrogen (secondary N) is 2. The van der Waals surface area contributed by atoms with E-state index in [1.807, 2.05) is 18.2 Å². The lowest BCUT2D eigenvalue weighted by Crippen LogP contribution is -2.32. The van der Waals surface area contributed by atoms with E-state index in [-0.39, 0.29) is 11.9 Å². The highest BCUT2D eigenvalue weighted by Gasteiger charge is 2.11. The molecule has 0 aliphatic heterocycles. The zero-order chi connectivity index (χ0) is 13.8. The maximum Gasteiger partial charge on any atom is 0.251 e. The molecule has 0 saturated carbocycles. The van der Waals surface area contributed by atoms with Gasteiger partial charge in [0.15, 0.2) is 0 Å². The number of aromatic nitrogens is 2. The first-order chi connectivity index (χ1) is 9.06. The third-order valence-corrected chi connectivity index (χ3v) is 3.24. The molecular formula is C15H21N3O. The number of aromatic amines is 1. The van der Waals surface area contributed by atoms with Crippen LogP contribution in [0.1, 0.15) is 44.0 Å². The summed E-state index contributed by atoms with van der Waals surface area (Å²) in [6.45, 7) is 6.44. The largest absolute Gasteiger partial charge is 0.350 e. The minimum absolute atomic E-state index is 0.0206. The predicted molar refractivity (Wildman–Crippen MR) is 77.1 cm³/mol. The third-order valence-electron chi connectivity index (χ3n) is 3.24. The van der Waals surface area contributed by atoms with Crippen molar-refractivity contribution in [3.63, 3.8) is 0 Å². The number of hydrogen-bond donors (Lipinski definition) is 2. The second-order valence-corrected chi connectivity index (χ2v) is 5.48. The summed E-state index contributed by atoms with van der Waals surface area (Å²) < 4.78 is 0. The van der Waals surface area contributed by atoms with Gasteiger partial charge in [-0.2, -0.15) is 0 Å². The minimum atomic E-state index is -0.0206. The first-order valence-electron chi connectivity index (χ1n) is 6.80. The Morgan fingerprint density at radius 3 is 2.84 bits per heavy atom. The lowest BCUT2D eigenvalue weighted by molar-refractivity contribution is 0.0937. The van der Waals surface area contributed by atoms with Crippen LogP contribution in [-0.2, 0) is 0 Å². The van der Waals surface area contributed by atoms with Crippen molar-refractivity contribution in [2.24, 2.45) is 5.92 Å². The molecule has 1 atom stereocenters. The molecule has 1 aromatic carbocycles. The van der Waals surface area contributed by atoms with Gasteiger partial charge in [0, 0.05) is 11.6 Å². The highest BCUT2D eigenvalue weighted by Crippen LogP contribution is 2.12. The quantitative estimate of drug-likeness (QED) is 0.866. The summed E-state index contributed by atoms with van der Waals surface area (Å²) in [6, 6.07) is 5.72. The molecule has 1 amide bonds. The molecule has 2 rings (SSSR count). The normalized spacial score (nSPS) is 12.8. The van der Waals surface area contributed by atoms with Crippen LogP contribution in [0.5, 0.6) is 0 Å². The van der Waals surface area contributed by atoms with Gasteiger partial charge < -0.3 is 10.3 Å². The van der Waals surface area contributed by atoms with Crippen LogP contribution in [0.2, 0.25) is 0 Å². The molecule has 0 saturated heterocycles. The van der Waals surface area contributed by atoms with E-state index in [0.29, 0.717) is 11.5 Å². The molecule has 0 bridgehead atoms. The Labute approximate surface area is 113 Å². The third kappa shape index (κ3) is 3.56. The van der Waals surface area contributed by atoms with Crippen molar-refractivity contribution < 1.29 is 4.79 Å². The molecule has 0 aliphatic carbocycles. The van der Waals surface area contributed by atoms with E-state index >= 15 is 0 Å². The van der Waals surface area contributed by atoms with Gasteiger partial charge in [-0.25, -0.2) is 4.98 Å². The van der Waals surface area contributed by atoms with Crippen LogP contribution in [0.25, 0.3) is 11.0 Å². The van der Waals surface area contributed by atoms with Crippen LogP contribution in [0, 0.1) is 5.92 Å². The second-order valence-electron chi connectivity index (χ2n) is 5.48. The standard InChI is InChI=1S/C15H21N3O/c1-10(2)4-5-11(3)18-15(19)12-6-7-13-14(8-12)17-9-16-13/h6-11H,4-5H2,1-3H3,(H,16,17)(H,18,19). The first kappa shape index (κ1) is 13.6. The van der Waals surface area contributed by atoms with Crippen LogP contribution < -0.4 is 5.32 Å². The summed E-state index contributed by atoms with van der Waals surface area (Å²) in [5, 5.41) is 3.04. The van der Waals surface area contributed by atoms with Gasteiger partial charge in [0.25, 0.3) is 5.91 Å². The highest BCUT2D eigenvalue weighted by molar-refractivity contribution is 5.97. The molecular weight excluding hydrogens is 238 g/mol. The Bertz CT molecular complexity index is 559. The Hall–Kier alpha value is -1.84. The molecule has 0 radical (unpaired) electrons. The average molecular weight is 259 g/mol. The Morgan fingerprint density at radius 2 is 2.11 bits per heavy atom. The zero-order valence-electron chi connectivity index (χ0n) is 11.7. The van der Waals surface area contributed by atoms with E-state index in [1.165, 1.54) is 0 Å². The van der Waals surface area contributed by atoms with Crippen molar-refractivity contribution in [2.75, 3.05) is 0 Å². The SMILES string of the molecule is CC(C)CCC(C)NC(=O)c1ccc2nc[nH]c2c1. The van der Waals surface area contributed by atoms with Gasteiger partial charge in [-0.1, -0.05) is 13.8 Å². The molecule has 1 heterocycles. The molecule has 0 fully saturated rings. The van der Waals surface area contributed by atoms with Gasteiger partial charge in [-0.05, 0) is 43.9 Å². The number of nitrogens with zero attached hydrogens (tertiary/aromatic N) is 1. The summed E-state index contributed by atoms with van der Waals surface area (Å²) in [4.78, 5) is 19.3. The van der Waals surface area contributed by atoms with E-state index in [2.05, 4.69) is 36.1 Å². The molecule has 2 aromatic rings. The summed E-state index contributed by atoms with van der Waals surface area (Å²) >= 11 is 0. The van der Waals surface area contributed by atoms with E-state index in [1.54, 1.807) is 6.33 Å². The molecule has 4 nitrogen and oxygen atoms in total. The van der Waals surface area contributed by atoms with Gasteiger partial charge in [0.05, 0.1) is 17.4 Å². The topological polar surface area (TPSA) is 57.8 Å². The molecule has 1 unspecified atom stereocenters. The molecule has 0 aliphatic rings. The van der Waals surface area contributed by atoms with E-state index < -0.39 is 0 Å². The van der Waals surface area contributed by atoms with Gasteiger partial charge in [-0.15, -0.1) is 0 Å². The fraction of sp³-hybridized carbons (Fsp3) is 0.467. The molecule has 4 heteroatoms. The Balaban J connectivity index is 1.98. The Morgan fingerprint density at radius 1 is 1.32 bits per heavy atom. The lowest BCUT2D eigenvalue weighted by atomic mass is 10.0. The summed E-state index contributed by atoms with van der Waals surface area (Å²) in [6.07, 6.45) is 3.77. The number of fused-ring (bicyclic) bond motifs is 1. The van der Waals surface area contributed by atoms with E-state index in [4.69, 9.17) is 0 Å². The van der Waals surface area contributed by atoms with E-state index in [0.717, 1.165) is 23.9 Å². The Kier molecular flexibility index (Phi) is 4.20. The summed E-state index contributed by atoms with van der Waals surface area (Å²) in [5.74, 6) is 0.647. The molecule has 0 spiro atoms. The molecule has 1 aromatic heterocycles. The number of carbonyl (C=O) groups is 1. The van der Waals surface area contributed by atoms with Crippen LogP contribution in [0.15, 0.2) is 24.5 Å². The minimum Gasteiger partial charge on any atom is -0.350 e. The van der Waals surface area contributed by atoms with Gasteiger partial charge >= 0.3 is 0 Å². The number of H-pyrrole nitrogens is 1. The zero-order valence-corrected chi connectivity index (χ0v) is 11.7. The number of rotatable bonds is 5. The molecule has 2 N–H and O–H groups in total. The number of amides is 1. The fourth-order valence-corrected chi connectivity index (χ4v) is 2.04. The van der Waals surface area contributed by atoms with Gasteiger partial charge in [0.1, 0.15) is 0 Å². The van der Waals surface area contributed by atoms with Gasteiger partial charge in [-0.3, -0.25) is 4.79 Å². The molecule has 19 heavy (non-hydrogen) atoms. The average Bonchev–Trinajstić information content (AvgIpc) is 2.83. The van der Waals surface area contributed by atoms with Crippen molar-refractivity contribution in [1.29, 1.82) is 0 Å². The number of hydrogen-bond acceptors (Lipinski definition) is 2. The lowest BCUT2D eigenvalue weighted by Gasteiger charge is -2.15. The van der Waals surface area contributed by atoms with Crippen molar-refractivity contribution in [2.45, 2.75) is 39.7 Å². The highest BCUT2D eigenvalue weighted by atomic mass is 16.1. The van der Waals surface area contributed by atoms with Crippen LogP contribution in [-0.4, -0.2) is 21.9 Å². The van der Waals surface area contributed by atoms with Crippen LogP contribution >= 0.6 is 0 Å².